The number of nitrogens with one attached hydrogen (secondary N) is 1. The van der Waals surface area contributed by atoms with Crippen LogP contribution in [-0.2, 0) is 15.1 Å². The minimum atomic E-state index is -1.14. The molecule has 26 heavy (non-hydrogen) atoms. The fraction of sp³-hybridized carbons (Fsp3) is 0.550. The smallest absolute Gasteiger partial charge is 0.325 e. The maximum atomic E-state index is 12.9. The molecule has 6 nitrogen and oxygen atoms in total. The second-order valence-corrected chi connectivity index (χ2v) is 7.90. The number of carbonyl (C=O) groups is 3. The summed E-state index contributed by atoms with van der Waals surface area (Å²) in [5, 5.41) is 2.74. The molecule has 1 aromatic rings. The third-order valence-electron chi connectivity index (χ3n) is 4.44. The van der Waals surface area contributed by atoms with Gasteiger partial charge in [-0.1, -0.05) is 58.0 Å². The van der Waals surface area contributed by atoms with E-state index in [0.29, 0.717) is 30.5 Å². The zero-order chi connectivity index (χ0) is 19.5. The molecule has 0 spiro atoms. The molecule has 0 radical (unpaired) electrons. The Labute approximate surface area is 155 Å². The van der Waals surface area contributed by atoms with Gasteiger partial charge in [0.15, 0.2) is 0 Å². The minimum Gasteiger partial charge on any atom is -0.341 e. The molecule has 1 aliphatic heterocycles. The van der Waals surface area contributed by atoms with E-state index in [4.69, 9.17) is 0 Å². The standard InChI is InChI=1S/C20H29N3O3/c1-14(2)11-22(12-15(3)4)17(24)13-23-18(25)20(5,21-19(23)26)16-9-7-6-8-10-16/h6-10,14-15H,11-13H2,1-5H3,(H,21,26)/t20-/m1/s1. The van der Waals surface area contributed by atoms with Crippen LogP contribution in [0.5, 0.6) is 0 Å². The number of rotatable bonds is 7. The zero-order valence-corrected chi connectivity index (χ0v) is 16.3. The monoisotopic (exact) mass is 359 g/mol. The molecule has 0 bridgehead atoms. The van der Waals surface area contributed by atoms with Gasteiger partial charge in [-0.25, -0.2) is 4.79 Å². The summed E-state index contributed by atoms with van der Waals surface area (Å²) in [6.45, 7) is 10.8. The van der Waals surface area contributed by atoms with Gasteiger partial charge in [-0.2, -0.15) is 0 Å². The van der Waals surface area contributed by atoms with Crippen LogP contribution in [0, 0.1) is 11.8 Å². The van der Waals surface area contributed by atoms with Crippen molar-refractivity contribution in [3.8, 4) is 0 Å². The summed E-state index contributed by atoms with van der Waals surface area (Å²) in [5.41, 5.74) is -0.436. The lowest BCUT2D eigenvalue weighted by Gasteiger charge is -2.28. The first-order valence-corrected chi connectivity index (χ1v) is 9.12. The Morgan fingerprint density at radius 3 is 2.12 bits per heavy atom. The Balaban J connectivity index is 2.17. The number of benzene rings is 1. The van der Waals surface area contributed by atoms with Gasteiger partial charge in [0, 0.05) is 13.1 Å². The van der Waals surface area contributed by atoms with Crippen molar-refractivity contribution < 1.29 is 14.4 Å². The van der Waals surface area contributed by atoms with Crippen molar-refractivity contribution in [3.05, 3.63) is 35.9 Å². The van der Waals surface area contributed by atoms with Gasteiger partial charge >= 0.3 is 6.03 Å². The third-order valence-corrected chi connectivity index (χ3v) is 4.44. The van der Waals surface area contributed by atoms with E-state index in [1.54, 1.807) is 24.0 Å². The van der Waals surface area contributed by atoms with Crippen LogP contribution in [0.25, 0.3) is 0 Å². The van der Waals surface area contributed by atoms with Crippen molar-refractivity contribution in [2.75, 3.05) is 19.6 Å². The van der Waals surface area contributed by atoms with Crippen molar-refractivity contribution >= 4 is 17.8 Å². The molecule has 4 amide bonds. The summed E-state index contributed by atoms with van der Waals surface area (Å²) in [5.74, 6) is 0.0371. The summed E-state index contributed by atoms with van der Waals surface area (Å²) >= 11 is 0. The van der Waals surface area contributed by atoms with Crippen molar-refractivity contribution in [2.24, 2.45) is 11.8 Å². The number of urea groups is 1. The first kappa shape index (κ1) is 19.9. The number of hydrogen-bond acceptors (Lipinski definition) is 3. The van der Waals surface area contributed by atoms with Gasteiger partial charge in [0.25, 0.3) is 5.91 Å². The van der Waals surface area contributed by atoms with E-state index in [1.165, 1.54) is 0 Å². The van der Waals surface area contributed by atoms with Crippen molar-refractivity contribution in [3.63, 3.8) is 0 Å². The normalized spacial score (nSPS) is 20.0. The molecular formula is C20H29N3O3. The lowest BCUT2D eigenvalue weighted by Crippen LogP contribution is -2.46. The number of amides is 4. The Bertz CT molecular complexity index is 662. The van der Waals surface area contributed by atoms with Gasteiger partial charge in [-0.05, 0) is 24.3 Å². The van der Waals surface area contributed by atoms with Crippen molar-refractivity contribution in [1.29, 1.82) is 0 Å². The summed E-state index contributed by atoms with van der Waals surface area (Å²) in [4.78, 5) is 40.8. The molecule has 1 saturated heterocycles. The summed E-state index contributed by atoms with van der Waals surface area (Å²) < 4.78 is 0. The molecule has 0 aliphatic carbocycles. The molecule has 1 heterocycles. The van der Waals surface area contributed by atoms with E-state index in [0.717, 1.165) is 4.90 Å². The van der Waals surface area contributed by atoms with Crippen LogP contribution < -0.4 is 5.32 Å². The molecule has 1 aliphatic rings. The van der Waals surface area contributed by atoms with E-state index < -0.39 is 17.5 Å². The molecule has 0 aromatic heterocycles. The molecule has 142 valence electrons. The third kappa shape index (κ3) is 4.23. The average molecular weight is 359 g/mol. The molecule has 1 atom stereocenters. The maximum Gasteiger partial charge on any atom is 0.325 e. The van der Waals surface area contributed by atoms with Gasteiger partial charge in [0.2, 0.25) is 5.91 Å². The maximum absolute atomic E-state index is 12.9. The van der Waals surface area contributed by atoms with Crippen LogP contribution in [0.4, 0.5) is 4.79 Å². The van der Waals surface area contributed by atoms with E-state index in [9.17, 15) is 14.4 Å². The lowest BCUT2D eigenvalue weighted by molar-refractivity contribution is -0.139. The van der Waals surface area contributed by atoms with E-state index in [1.807, 2.05) is 45.9 Å². The predicted octanol–water partition coefficient (Wildman–Crippen LogP) is 2.59. The SMILES string of the molecule is CC(C)CN(CC(C)C)C(=O)CN1C(=O)N[C@](C)(c2ccccc2)C1=O. The highest BCUT2D eigenvalue weighted by atomic mass is 16.2. The second-order valence-electron chi connectivity index (χ2n) is 7.90. The lowest BCUT2D eigenvalue weighted by atomic mass is 9.92. The minimum absolute atomic E-state index is 0.201. The van der Waals surface area contributed by atoms with Gasteiger partial charge in [0.1, 0.15) is 12.1 Å². The highest BCUT2D eigenvalue weighted by Crippen LogP contribution is 2.28. The van der Waals surface area contributed by atoms with Gasteiger partial charge in [-0.3, -0.25) is 14.5 Å². The first-order valence-electron chi connectivity index (χ1n) is 9.12. The van der Waals surface area contributed by atoms with Crippen LogP contribution in [-0.4, -0.2) is 47.3 Å². The highest BCUT2D eigenvalue weighted by molar-refractivity contribution is 6.09. The largest absolute Gasteiger partial charge is 0.341 e. The molecule has 0 saturated carbocycles. The Morgan fingerprint density at radius 1 is 1.08 bits per heavy atom. The fourth-order valence-corrected chi connectivity index (χ4v) is 3.20. The Morgan fingerprint density at radius 2 is 1.62 bits per heavy atom. The number of carbonyl (C=O) groups excluding carboxylic acids is 3. The van der Waals surface area contributed by atoms with Crippen molar-refractivity contribution in [1.82, 2.24) is 15.1 Å². The molecule has 6 heteroatoms. The molecule has 1 fully saturated rings. The average Bonchev–Trinajstić information content (AvgIpc) is 2.78. The van der Waals surface area contributed by atoms with Crippen LogP contribution in [0.1, 0.15) is 40.2 Å². The number of hydrogen-bond donors (Lipinski definition) is 1. The van der Waals surface area contributed by atoms with E-state index in [-0.39, 0.29) is 12.5 Å². The Kier molecular flexibility index (Phi) is 6.05. The molecule has 2 rings (SSSR count). The number of nitrogens with zero attached hydrogens (tertiary/aromatic N) is 2. The quantitative estimate of drug-likeness (QED) is 0.761. The van der Waals surface area contributed by atoms with Gasteiger partial charge < -0.3 is 10.2 Å². The fourth-order valence-electron chi connectivity index (χ4n) is 3.20. The number of imide groups is 1. The molecule has 1 N–H and O–H groups in total. The highest BCUT2D eigenvalue weighted by Gasteiger charge is 2.49. The summed E-state index contributed by atoms with van der Waals surface area (Å²) in [6, 6.07) is 8.57. The molecule has 1 aromatic carbocycles. The molecule has 0 unspecified atom stereocenters. The van der Waals surface area contributed by atoms with Crippen LogP contribution in [0.15, 0.2) is 30.3 Å². The molecular weight excluding hydrogens is 330 g/mol. The summed E-state index contributed by atoms with van der Waals surface area (Å²) in [7, 11) is 0. The topological polar surface area (TPSA) is 69.7 Å². The zero-order valence-electron chi connectivity index (χ0n) is 16.3. The second kappa shape index (κ2) is 7.89. The van der Waals surface area contributed by atoms with Crippen LogP contribution in [0.3, 0.4) is 0 Å². The van der Waals surface area contributed by atoms with Crippen molar-refractivity contribution in [2.45, 2.75) is 40.2 Å². The van der Waals surface area contributed by atoms with E-state index >= 15 is 0 Å². The first-order chi connectivity index (χ1) is 12.1. The van der Waals surface area contributed by atoms with Gasteiger partial charge in [0.05, 0.1) is 0 Å². The predicted molar refractivity (Wildman–Crippen MR) is 100 cm³/mol. The van der Waals surface area contributed by atoms with E-state index in [2.05, 4.69) is 5.32 Å². The van der Waals surface area contributed by atoms with Gasteiger partial charge in [-0.15, -0.1) is 0 Å². The van der Waals surface area contributed by atoms with Crippen LogP contribution >= 0.6 is 0 Å². The summed E-state index contributed by atoms with van der Waals surface area (Å²) in [6.07, 6.45) is 0. The Hall–Kier alpha value is -2.37. The van der Waals surface area contributed by atoms with Crippen LogP contribution in [0.2, 0.25) is 0 Å².